The molecule has 0 atom stereocenters. The molecule has 35 heavy (non-hydrogen) atoms. The first kappa shape index (κ1) is 22.5. The molecule has 0 unspecified atom stereocenters. The van der Waals surface area contributed by atoms with Gasteiger partial charge in [-0.25, -0.2) is 9.64 Å². The van der Waals surface area contributed by atoms with Crippen LogP contribution in [-0.4, -0.2) is 17.1 Å². The summed E-state index contributed by atoms with van der Waals surface area (Å²) in [6.07, 6.45) is 3.64. The van der Waals surface area contributed by atoms with E-state index in [2.05, 4.69) is 20.5 Å². The predicted octanol–water partition coefficient (Wildman–Crippen LogP) is 7.09. The molecule has 0 bridgehead atoms. The van der Waals surface area contributed by atoms with E-state index in [1.165, 1.54) is 0 Å². The standard InChI is InChI=1S/C27H21ClN4O3/c1-29-24-14-20-23(15-26(24)34-16-17-5-3-2-4-6-17)30-12-11-25(20)35-19-9-10-22(21(28)13-19)32-27(33)31-18-7-8-18/h2-6,9-15,18H,7-8,16H2,(H2,31,32,33). The number of urea groups is 1. The van der Waals surface area contributed by atoms with Crippen LogP contribution in [0.5, 0.6) is 17.2 Å². The van der Waals surface area contributed by atoms with Crippen LogP contribution in [0, 0.1) is 6.57 Å². The Hall–Kier alpha value is -4.28. The van der Waals surface area contributed by atoms with Gasteiger partial charge in [-0.05, 0) is 48.7 Å². The highest BCUT2D eigenvalue weighted by molar-refractivity contribution is 6.33. The second-order valence-corrected chi connectivity index (χ2v) is 8.56. The van der Waals surface area contributed by atoms with Gasteiger partial charge in [-0.1, -0.05) is 41.9 Å². The fourth-order valence-corrected chi connectivity index (χ4v) is 3.74. The zero-order chi connectivity index (χ0) is 24.2. The van der Waals surface area contributed by atoms with Crippen LogP contribution in [0.25, 0.3) is 15.7 Å². The predicted molar refractivity (Wildman–Crippen MR) is 135 cm³/mol. The van der Waals surface area contributed by atoms with Gasteiger partial charge in [0, 0.05) is 23.7 Å². The highest BCUT2D eigenvalue weighted by Crippen LogP contribution is 2.38. The van der Waals surface area contributed by atoms with Crippen molar-refractivity contribution in [1.29, 1.82) is 0 Å². The minimum absolute atomic E-state index is 0.251. The maximum atomic E-state index is 12.0. The van der Waals surface area contributed by atoms with Crippen LogP contribution >= 0.6 is 11.6 Å². The molecular weight excluding hydrogens is 464 g/mol. The molecule has 7 nitrogen and oxygen atoms in total. The van der Waals surface area contributed by atoms with Crippen molar-refractivity contribution in [1.82, 2.24) is 10.3 Å². The largest absolute Gasteiger partial charge is 0.500 e. The number of nitrogens with one attached hydrogen (secondary N) is 2. The van der Waals surface area contributed by atoms with Crippen LogP contribution in [0.1, 0.15) is 18.4 Å². The Balaban J connectivity index is 1.36. The molecule has 1 aliphatic carbocycles. The second kappa shape index (κ2) is 9.92. The number of carbonyl (C=O) groups excluding carboxylic acids is 1. The van der Waals surface area contributed by atoms with Gasteiger partial charge in [0.2, 0.25) is 5.69 Å². The number of aromatic nitrogens is 1. The molecule has 1 fully saturated rings. The topological polar surface area (TPSA) is 76.8 Å². The van der Waals surface area contributed by atoms with Crippen LogP contribution in [0.4, 0.5) is 16.2 Å². The molecule has 5 rings (SSSR count). The van der Waals surface area contributed by atoms with Crippen LogP contribution in [-0.2, 0) is 6.61 Å². The summed E-state index contributed by atoms with van der Waals surface area (Å²) in [5.74, 6) is 1.48. The van der Waals surface area contributed by atoms with Crippen molar-refractivity contribution in [3.8, 4) is 17.2 Å². The van der Waals surface area contributed by atoms with Crippen LogP contribution in [0.15, 0.2) is 72.9 Å². The molecule has 3 aromatic carbocycles. The summed E-state index contributed by atoms with van der Waals surface area (Å²) in [5, 5.41) is 6.63. The molecule has 1 heterocycles. The minimum atomic E-state index is -0.278. The number of benzene rings is 3. The number of amides is 2. The normalized spacial score (nSPS) is 12.6. The Bertz CT molecular complexity index is 1430. The van der Waals surface area contributed by atoms with Gasteiger partial charge in [0.1, 0.15) is 23.9 Å². The summed E-state index contributed by atoms with van der Waals surface area (Å²) in [5.41, 5.74) is 2.50. The minimum Gasteiger partial charge on any atom is -0.500 e. The highest BCUT2D eigenvalue weighted by Gasteiger charge is 2.23. The van der Waals surface area contributed by atoms with E-state index in [0.717, 1.165) is 18.4 Å². The third-order valence-corrected chi connectivity index (χ3v) is 5.78. The molecule has 2 N–H and O–H groups in total. The summed E-state index contributed by atoms with van der Waals surface area (Å²) in [4.78, 5) is 20.1. The molecule has 0 saturated heterocycles. The van der Waals surface area contributed by atoms with E-state index >= 15 is 0 Å². The van der Waals surface area contributed by atoms with E-state index < -0.39 is 0 Å². The molecule has 0 spiro atoms. The molecule has 1 aromatic heterocycles. The number of pyridine rings is 1. The number of hydrogen-bond donors (Lipinski definition) is 2. The van der Waals surface area contributed by atoms with Crippen LogP contribution < -0.4 is 20.1 Å². The van der Waals surface area contributed by atoms with Crippen LogP contribution in [0.3, 0.4) is 0 Å². The summed E-state index contributed by atoms with van der Waals surface area (Å²) >= 11 is 6.37. The van der Waals surface area contributed by atoms with Gasteiger partial charge in [0.25, 0.3) is 0 Å². The maximum absolute atomic E-state index is 12.0. The van der Waals surface area contributed by atoms with Gasteiger partial charge in [0.05, 0.1) is 22.8 Å². The summed E-state index contributed by atoms with van der Waals surface area (Å²) in [7, 11) is 0. The molecule has 1 aliphatic rings. The van der Waals surface area contributed by atoms with E-state index in [0.29, 0.717) is 51.2 Å². The number of rotatable bonds is 7. The molecular formula is C27H21ClN4O3. The van der Waals surface area contributed by atoms with E-state index in [1.54, 1.807) is 42.6 Å². The van der Waals surface area contributed by atoms with E-state index in [1.807, 2.05) is 30.3 Å². The van der Waals surface area contributed by atoms with Gasteiger partial charge < -0.3 is 20.1 Å². The lowest BCUT2D eigenvalue weighted by molar-refractivity contribution is 0.251. The number of fused-ring (bicyclic) bond motifs is 1. The average Bonchev–Trinajstić information content (AvgIpc) is 3.68. The Morgan fingerprint density at radius 3 is 2.66 bits per heavy atom. The second-order valence-electron chi connectivity index (χ2n) is 8.15. The number of hydrogen-bond acceptors (Lipinski definition) is 4. The fourth-order valence-electron chi connectivity index (χ4n) is 3.52. The van der Waals surface area contributed by atoms with Gasteiger partial charge in [0.15, 0.2) is 0 Å². The third kappa shape index (κ3) is 5.45. The monoisotopic (exact) mass is 484 g/mol. The zero-order valence-corrected chi connectivity index (χ0v) is 19.4. The molecule has 0 aliphatic heterocycles. The SMILES string of the molecule is [C-]#[N+]c1cc2c(Oc3ccc(NC(=O)NC4CC4)c(Cl)c3)ccnc2cc1OCc1ccccc1. The smallest absolute Gasteiger partial charge is 0.319 e. The van der Waals surface area contributed by atoms with Crippen molar-refractivity contribution in [3.05, 3.63) is 94.9 Å². The number of anilines is 1. The Kier molecular flexibility index (Phi) is 6.38. The van der Waals surface area contributed by atoms with Gasteiger partial charge in [-0.2, -0.15) is 0 Å². The maximum Gasteiger partial charge on any atom is 0.319 e. The molecule has 2 amide bonds. The van der Waals surface area contributed by atoms with E-state index in [-0.39, 0.29) is 12.1 Å². The number of carbonyl (C=O) groups is 1. The molecule has 4 aromatic rings. The molecule has 174 valence electrons. The van der Waals surface area contributed by atoms with Crippen molar-refractivity contribution in [2.45, 2.75) is 25.5 Å². The van der Waals surface area contributed by atoms with E-state index in [4.69, 9.17) is 27.6 Å². The lowest BCUT2D eigenvalue weighted by Gasteiger charge is -2.13. The van der Waals surface area contributed by atoms with Gasteiger partial charge in [-0.3, -0.25) is 4.98 Å². The number of nitrogens with zero attached hydrogens (tertiary/aromatic N) is 2. The summed E-state index contributed by atoms with van der Waals surface area (Å²) < 4.78 is 12.0. The highest BCUT2D eigenvalue weighted by atomic mass is 35.5. The van der Waals surface area contributed by atoms with Crippen molar-refractivity contribution in [2.75, 3.05) is 5.32 Å². The summed E-state index contributed by atoms with van der Waals surface area (Å²) in [6, 6.07) is 20.0. The van der Waals surface area contributed by atoms with Crippen molar-refractivity contribution in [3.63, 3.8) is 0 Å². The van der Waals surface area contributed by atoms with E-state index in [9.17, 15) is 4.79 Å². The van der Waals surface area contributed by atoms with Crippen molar-refractivity contribution < 1.29 is 14.3 Å². The number of ether oxygens (including phenoxy) is 2. The Morgan fingerprint density at radius 2 is 1.91 bits per heavy atom. The molecule has 1 saturated carbocycles. The van der Waals surface area contributed by atoms with Gasteiger partial charge in [-0.15, -0.1) is 0 Å². The Morgan fingerprint density at radius 1 is 1.09 bits per heavy atom. The van der Waals surface area contributed by atoms with Crippen molar-refractivity contribution in [2.24, 2.45) is 0 Å². The third-order valence-electron chi connectivity index (χ3n) is 5.47. The fraction of sp³-hybridized carbons (Fsp3) is 0.148. The van der Waals surface area contributed by atoms with Crippen molar-refractivity contribution >= 4 is 39.9 Å². The quantitative estimate of drug-likeness (QED) is 0.274. The first-order chi connectivity index (χ1) is 17.1. The molecule has 8 heteroatoms. The first-order valence-electron chi connectivity index (χ1n) is 11.1. The lowest BCUT2D eigenvalue weighted by Crippen LogP contribution is -2.30. The zero-order valence-electron chi connectivity index (χ0n) is 18.6. The first-order valence-corrected chi connectivity index (χ1v) is 11.5. The number of halogens is 1. The summed E-state index contributed by atoms with van der Waals surface area (Å²) in [6.45, 7) is 7.96. The van der Waals surface area contributed by atoms with Crippen LogP contribution in [0.2, 0.25) is 5.02 Å². The molecule has 0 radical (unpaired) electrons. The average molecular weight is 485 g/mol. The van der Waals surface area contributed by atoms with Gasteiger partial charge >= 0.3 is 6.03 Å². The Labute approximate surface area is 207 Å². The lowest BCUT2D eigenvalue weighted by atomic mass is 10.1.